The molecule has 0 aliphatic heterocycles. The number of nitrogens with one attached hydrogen (secondary N) is 1. The van der Waals surface area contributed by atoms with E-state index < -0.39 is 11.7 Å². The fraction of sp³-hybridized carbons (Fsp3) is 0.333. The van der Waals surface area contributed by atoms with Crippen LogP contribution in [-0.2, 0) is 30.4 Å². The van der Waals surface area contributed by atoms with E-state index in [2.05, 4.69) is 5.32 Å². The number of hydrogen-bond donors (Lipinski definition) is 1. The first-order chi connectivity index (χ1) is 16.6. The van der Waals surface area contributed by atoms with Crippen molar-refractivity contribution in [1.29, 1.82) is 0 Å². The Balaban J connectivity index is 1.47. The lowest BCUT2D eigenvalue weighted by atomic mass is 9.91. The molecule has 1 aromatic heterocycles. The second-order valence-corrected chi connectivity index (χ2v) is 10.1. The van der Waals surface area contributed by atoms with Gasteiger partial charge in [0.2, 0.25) is 5.91 Å². The highest BCUT2D eigenvalue weighted by Gasteiger charge is 2.30. The molecule has 1 heterocycles. The molecule has 1 amide bonds. The van der Waals surface area contributed by atoms with Crippen molar-refractivity contribution in [3.05, 3.63) is 86.8 Å². The second kappa shape index (κ2) is 10.3. The minimum Gasteiger partial charge on any atom is -0.316 e. The number of rotatable bonds is 7. The number of carbonyl (C=O) groups excluding carboxylic acids is 2. The molecule has 0 spiro atoms. The van der Waals surface area contributed by atoms with Gasteiger partial charge in [0.1, 0.15) is 5.00 Å². The molecule has 4 rings (SSSR count). The summed E-state index contributed by atoms with van der Waals surface area (Å²) >= 11 is 1.47. The summed E-state index contributed by atoms with van der Waals surface area (Å²) in [5.74, 6) is -0.353. The number of likely N-dealkylation sites (N-methyl/N-ethyl adjacent to an activating group) is 1. The van der Waals surface area contributed by atoms with E-state index in [4.69, 9.17) is 0 Å². The number of alkyl halides is 3. The summed E-state index contributed by atoms with van der Waals surface area (Å²) in [5, 5.41) is 3.52. The van der Waals surface area contributed by atoms with Crippen molar-refractivity contribution in [3.8, 4) is 0 Å². The number of benzene rings is 2. The van der Waals surface area contributed by atoms with Crippen LogP contribution in [0.3, 0.4) is 0 Å². The Morgan fingerprint density at radius 2 is 1.66 bits per heavy atom. The summed E-state index contributed by atoms with van der Waals surface area (Å²) in [5.41, 5.74) is 3.27. The van der Waals surface area contributed by atoms with Crippen molar-refractivity contribution in [1.82, 2.24) is 4.90 Å². The summed E-state index contributed by atoms with van der Waals surface area (Å²) in [6.45, 7) is 2.33. The summed E-state index contributed by atoms with van der Waals surface area (Å²) in [7, 11) is 1.73. The van der Waals surface area contributed by atoms with Gasteiger partial charge in [-0.1, -0.05) is 42.0 Å². The highest BCUT2D eigenvalue weighted by Crippen LogP contribution is 2.39. The SMILES string of the molecule is Cc1ccc(C(=O)c2c(NC(=O)CN(C)Cc3ccc(C(F)(F)F)cc3)sc3c2CCCC3)cc1. The third-order valence-corrected chi connectivity index (χ3v) is 7.32. The van der Waals surface area contributed by atoms with Crippen LogP contribution in [0.1, 0.15) is 55.9 Å². The molecule has 0 bridgehead atoms. The van der Waals surface area contributed by atoms with Gasteiger partial charge in [-0.2, -0.15) is 13.2 Å². The van der Waals surface area contributed by atoms with Gasteiger partial charge < -0.3 is 5.32 Å². The van der Waals surface area contributed by atoms with Crippen LogP contribution >= 0.6 is 11.3 Å². The highest BCUT2D eigenvalue weighted by molar-refractivity contribution is 7.17. The quantitative estimate of drug-likeness (QED) is 0.390. The number of carbonyl (C=O) groups is 2. The Morgan fingerprint density at radius 3 is 2.31 bits per heavy atom. The van der Waals surface area contributed by atoms with Gasteiger partial charge >= 0.3 is 6.18 Å². The molecule has 1 aliphatic carbocycles. The van der Waals surface area contributed by atoms with Gasteiger partial charge in [0.05, 0.1) is 17.7 Å². The number of fused-ring (bicyclic) bond motifs is 1. The number of halogens is 3. The molecule has 2 aromatic carbocycles. The van der Waals surface area contributed by atoms with Crippen molar-refractivity contribution in [3.63, 3.8) is 0 Å². The third-order valence-electron chi connectivity index (χ3n) is 6.11. The lowest BCUT2D eigenvalue weighted by molar-refractivity contribution is -0.137. The predicted molar refractivity (Wildman–Crippen MR) is 132 cm³/mol. The van der Waals surface area contributed by atoms with Crippen molar-refractivity contribution in [2.45, 2.75) is 45.3 Å². The number of thiophene rings is 1. The lowest BCUT2D eigenvalue weighted by Crippen LogP contribution is -2.30. The molecule has 1 aliphatic rings. The Labute approximate surface area is 206 Å². The standard InChI is InChI=1S/C27H27F3N2O2S/c1-17-7-11-19(12-8-17)25(34)24-21-5-3-4-6-22(21)35-26(24)31-23(33)16-32(2)15-18-9-13-20(14-10-18)27(28,29)30/h7-14H,3-6,15-16H2,1-2H3,(H,31,33). The molecule has 35 heavy (non-hydrogen) atoms. The zero-order valence-corrected chi connectivity index (χ0v) is 20.5. The van der Waals surface area contributed by atoms with Crippen molar-refractivity contribution in [2.75, 3.05) is 18.9 Å². The average Bonchev–Trinajstić information content (AvgIpc) is 3.16. The van der Waals surface area contributed by atoms with E-state index in [1.54, 1.807) is 11.9 Å². The molecule has 0 atom stereocenters. The zero-order chi connectivity index (χ0) is 25.2. The molecule has 184 valence electrons. The normalized spacial score (nSPS) is 13.5. The van der Waals surface area contributed by atoms with Gasteiger partial charge in [0.25, 0.3) is 0 Å². The first kappa shape index (κ1) is 25.1. The van der Waals surface area contributed by atoms with E-state index in [0.717, 1.165) is 53.8 Å². The van der Waals surface area contributed by atoms with Crippen molar-refractivity contribution in [2.24, 2.45) is 0 Å². The summed E-state index contributed by atoms with van der Waals surface area (Å²) in [6.07, 6.45) is -0.575. The fourth-order valence-electron chi connectivity index (χ4n) is 4.32. The number of ketones is 1. The number of nitrogens with zero attached hydrogens (tertiary/aromatic N) is 1. The number of aryl methyl sites for hydroxylation is 2. The second-order valence-electron chi connectivity index (χ2n) is 9.03. The third kappa shape index (κ3) is 6.00. The van der Waals surface area contributed by atoms with Crippen LogP contribution in [0.25, 0.3) is 0 Å². The lowest BCUT2D eigenvalue weighted by Gasteiger charge is -2.17. The van der Waals surface area contributed by atoms with E-state index >= 15 is 0 Å². The summed E-state index contributed by atoms with van der Waals surface area (Å²) in [4.78, 5) is 29.2. The smallest absolute Gasteiger partial charge is 0.316 e. The van der Waals surface area contributed by atoms with Crippen LogP contribution < -0.4 is 5.32 Å². The first-order valence-corrected chi connectivity index (χ1v) is 12.3. The van der Waals surface area contributed by atoms with Gasteiger partial charge in [-0.05, 0) is 62.9 Å². The minimum atomic E-state index is -4.38. The van der Waals surface area contributed by atoms with Crippen LogP contribution in [-0.4, -0.2) is 30.2 Å². The van der Waals surface area contributed by atoms with E-state index in [0.29, 0.717) is 28.2 Å². The minimum absolute atomic E-state index is 0.0434. The number of hydrogen-bond acceptors (Lipinski definition) is 4. The van der Waals surface area contributed by atoms with Crippen molar-refractivity contribution < 1.29 is 22.8 Å². The Hall–Kier alpha value is -2.97. The summed E-state index contributed by atoms with van der Waals surface area (Å²) in [6, 6.07) is 12.4. The van der Waals surface area contributed by atoms with Gasteiger partial charge in [-0.3, -0.25) is 14.5 Å². The average molecular weight is 501 g/mol. The molecule has 0 saturated carbocycles. The molecular formula is C27H27F3N2O2S. The Morgan fingerprint density at radius 1 is 1.00 bits per heavy atom. The van der Waals surface area contributed by atoms with Crippen LogP contribution in [0.2, 0.25) is 0 Å². The molecule has 0 fully saturated rings. The van der Waals surface area contributed by atoms with Crippen LogP contribution in [0.15, 0.2) is 48.5 Å². The van der Waals surface area contributed by atoms with Crippen LogP contribution in [0.4, 0.5) is 18.2 Å². The van der Waals surface area contributed by atoms with E-state index in [9.17, 15) is 22.8 Å². The number of amides is 1. The maximum atomic E-state index is 13.4. The topological polar surface area (TPSA) is 49.4 Å². The van der Waals surface area contributed by atoms with E-state index in [1.165, 1.54) is 23.5 Å². The first-order valence-electron chi connectivity index (χ1n) is 11.5. The molecular weight excluding hydrogens is 473 g/mol. The Bertz CT molecular complexity index is 1210. The largest absolute Gasteiger partial charge is 0.416 e. The maximum absolute atomic E-state index is 13.4. The maximum Gasteiger partial charge on any atom is 0.416 e. The molecule has 1 N–H and O–H groups in total. The van der Waals surface area contributed by atoms with Gasteiger partial charge in [-0.15, -0.1) is 11.3 Å². The molecule has 0 unspecified atom stereocenters. The van der Waals surface area contributed by atoms with Gasteiger partial charge in [0, 0.05) is 17.0 Å². The van der Waals surface area contributed by atoms with E-state index in [1.807, 2.05) is 31.2 Å². The molecule has 4 nitrogen and oxygen atoms in total. The van der Waals surface area contributed by atoms with E-state index in [-0.39, 0.29) is 18.2 Å². The van der Waals surface area contributed by atoms with Gasteiger partial charge in [-0.25, -0.2) is 0 Å². The predicted octanol–water partition coefficient (Wildman–Crippen LogP) is 6.26. The fourth-order valence-corrected chi connectivity index (χ4v) is 5.62. The molecule has 8 heteroatoms. The molecule has 3 aromatic rings. The van der Waals surface area contributed by atoms with Gasteiger partial charge in [0.15, 0.2) is 5.78 Å². The number of anilines is 1. The molecule has 0 saturated heterocycles. The Kier molecular flexibility index (Phi) is 7.42. The van der Waals surface area contributed by atoms with Crippen LogP contribution in [0, 0.1) is 6.92 Å². The molecule has 0 radical (unpaired) electrons. The van der Waals surface area contributed by atoms with Crippen molar-refractivity contribution >= 4 is 28.0 Å². The zero-order valence-electron chi connectivity index (χ0n) is 19.7. The highest BCUT2D eigenvalue weighted by atomic mass is 32.1. The van der Waals surface area contributed by atoms with Crippen LogP contribution in [0.5, 0.6) is 0 Å². The summed E-state index contributed by atoms with van der Waals surface area (Å²) < 4.78 is 38.3. The monoisotopic (exact) mass is 500 g/mol.